The second-order valence-corrected chi connectivity index (χ2v) is 5.46. The van der Waals surface area contributed by atoms with E-state index in [1.807, 2.05) is 0 Å². The molecule has 0 aromatic carbocycles. The molecular formula is C15H22O6. The van der Waals surface area contributed by atoms with Crippen LogP contribution in [0.3, 0.4) is 0 Å². The van der Waals surface area contributed by atoms with Crippen molar-refractivity contribution in [3.05, 3.63) is 23.8 Å². The summed E-state index contributed by atoms with van der Waals surface area (Å²) in [6.07, 6.45) is 1.58. The summed E-state index contributed by atoms with van der Waals surface area (Å²) >= 11 is 0. The predicted octanol–water partition coefficient (Wildman–Crippen LogP) is 0.114. The highest BCUT2D eigenvalue weighted by molar-refractivity contribution is 5.99. The van der Waals surface area contributed by atoms with Crippen LogP contribution in [0.2, 0.25) is 0 Å². The van der Waals surface area contributed by atoms with E-state index in [0.717, 1.165) is 6.08 Å². The second-order valence-electron chi connectivity index (χ2n) is 5.46. The third-order valence-corrected chi connectivity index (χ3v) is 3.78. The molecular weight excluding hydrogens is 276 g/mol. The molecule has 6 nitrogen and oxygen atoms in total. The topological polar surface area (TPSA) is 104 Å². The Kier molecular flexibility index (Phi) is 5.83. The van der Waals surface area contributed by atoms with Gasteiger partial charge in [0.05, 0.1) is 7.11 Å². The number of carbonyl (C=O) groups is 2. The van der Waals surface area contributed by atoms with Crippen molar-refractivity contribution in [1.82, 2.24) is 0 Å². The highest BCUT2D eigenvalue weighted by Gasteiger charge is 2.48. The van der Waals surface area contributed by atoms with Crippen LogP contribution in [0, 0.1) is 5.92 Å². The van der Waals surface area contributed by atoms with E-state index in [2.05, 4.69) is 4.74 Å². The Morgan fingerprint density at radius 1 is 1.52 bits per heavy atom. The lowest BCUT2D eigenvalue weighted by atomic mass is 9.76. The van der Waals surface area contributed by atoms with Gasteiger partial charge in [0.1, 0.15) is 12.2 Å². The molecule has 0 saturated heterocycles. The molecule has 0 saturated carbocycles. The molecule has 6 heteroatoms. The van der Waals surface area contributed by atoms with E-state index in [4.69, 9.17) is 0 Å². The van der Waals surface area contributed by atoms with Gasteiger partial charge in [0.2, 0.25) is 0 Å². The SMILES string of the molecule is COC(=O)/C=C/C(C)CCC1(O)C(=O)C=C(C)C(O)C1O. The van der Waals surface area contributed by atoms with Gasteiger partial charge < -0.3 is 20.1 Å². The van der Waals surface area contributed by atoms with E-state index in [0.29, 0.717) is 12.0 Å². The van der Waals surface area contributed by atoms with Crippen LogP contribution < -0.4 is 0 Å². The first-order valence-electron chi connectivity index (χ1n) is 6.79. The maximum Gasteiger partial charge on any atom is 0.330 e. The van der Waals surface area contributed by atoms with Crippen LogP contribution in [-0.2, 0) is 14.3 Å². The van der Waals surface area contributed by atoms with E-state index in [-0.39, 0.29) is 12.3 Å². The average molecular weight is 298 g/mol. The smallest absolute Gasteiger partial charge is 0.330 e. The molecule has 1 aliphatic rings. The lowest BCUT2D eigenvalue weighted by Crippen LogP contribution is -2.57. The number of aliphatic hydroxyl groups excluding tert-OH is 2. The van der Waals surface area contributed by atoms with Crippen LogP contribution in [0.25, 0.3) is 0 Å². The van der Waals surface area contributed by atoms with E-state index in [9.17, 15) is 24.9 Å². The first-order valence-corrected chi connectivity index (χ1v) is 6.79. The molecule has 21 heavy (non-hydrogen) atoms. The summed E-state index contributed by atoms with van der Waals surface area (Å²) in [7, 11) is 1.27. The summed E-state index contributed by atoms with van der Waals surface area (Å²) in [6.45, 7) is 3.33. The Balaban J connectivity index is 2.71. The highest BCUT2D eigenvalue weighted by Crippen LogP contribution is 2.31. The van der Waals surface area contributed by atoms with Gasteiger partial charge in [-0.05, 0) is 37.3 Å². The van der Waals surface area contributed by atoms with Gasteiger partial charge in [0.25, 0.3) is 0 Å². The molecule has 0 amide bonds. The minimum Gasteiger partial charge on any atom is -0.466 e. The van der Waals surface area contributed by atoms with Crippen molar-refractivity contribution >= 4 is 11.8 Å². The normalized spacial score (nSPS) is 31.1. The predicted molar refractivity (Wildman–Crippen MR) is 75.3 cm³/mol. The minimum atomic E-state index is -1.99. The third kappa shape index (κ3) is 4.00. The Bertz CT molecular complexity index is 467. The molecule has 0 fully saturated rings. The number of esters is 1. The summed E-state index contributed by atoms with van der Waals surface area (Å²) in [6, 6.07) is 0. The van der Waals surface area contributed by atoms with Gasteiger partial charge in [-0.25, -0.2) is 4.79 Å². The van der Waals surface area contributed by atoms with Crippen LogP contribution in [0.1, 0.15) is 26.7 Å². The molecule has 3 N–H and O–H groups in total. The van der Waals surface area contributed by atoms with E-state index in [1.165, 1.54) is 20.1 Å². The number of aliphatic hydroxyl groups is 3. The maximum atomic E-state index is 11.9. The van der Waals surface area contributed by atoms with Gasteiger partial charge >= 0.3 is 5.97 Å². The monoisotopic (exact) mass is 298 g/mol. The van der Waals surface area contributed by atoms with E-state index >= 15 is 0 Å². The highest BCUT2D eigenvalue weighted by atomic mass is 16.5. The van der Waals surface area contributed by atoms with Crippen molar-refractivity contribution in [2.45, 2.75) is 44.5 Å². The number of methoxy groups -OCH3 is 1. The van der Waals surface area contributed by atoms with Crippen molar-refractivity contribution in [3.63, 3.8) is 0 Å². The largest absolute Gasteiger partial charge is 0.466 e. The van der Waals surface area contributed by atoms with E-state index in [1.54, 1.807) is 13.0 Å². The van der Waals surface area contributed by atoms with Crippen LogP contribution in [0.5, 0.6) is 0 Å². The Morgan fingerprint density at radius 2 is 2.14 bits per heavy atom. The zero-order valence-corrected chi connectivity index (χ0v) is 12.4. The van der Waals surface area contributed by atoms with Gasteiger partial charge in [-0.1, -0.05) is 13.0 Å². The molecule has 0 spiro atoms. The fourth-order valence-electron chi connectivity index (χ4n) is 2.20. The quantitative estimate of drug-likeness (QED) is 0.492. The fraction of sp³-hybridized carbons (Fsp3) is 0.600. The molecule has 1 rings (SSSR count). The molecule has 0 radical (unpaired) electrons. The van der Waals surface area contributed by atoms with Crippen LogP contribution in [-0.4, -0.2) is 52.0 Å². The standard InChI is InChI=1S/C15H22O6/c1-9(4-5-12(17)21-3)6-7-15(20)11(16)8-10(2)13(18)14(15)19/h4-5,8-9,13-14,18-20H,6-7H2,1-3H3/b5-4+. The lowest BCUT2D eigenvalue weighted by molar-refractivity contribution is -0.160. The molecule has 0 aromatic heterocycles. The third-order valence-electron chi connectivity index (χ3n) is 3.78. The Morgan fingerprint density at radius 3 is 2.71 bits per heavy atom. The average Bonchev–Trinajstić information content (AvgIpc) is 2.46. The first kappa shape index (κ1) is 17.6. The van der Waals surface area contributed by atoms with Crippen molar-refractivity contribution in [2.24, 2.45) is 5.92 Å². The number of rotatable bonds is 5. The first-order chi connectivity index (χ1) is 9.72. The number of ketones is 1. The second kappa shape index (κ2) is 6.98. The van der Waals surface area contributed by atoms with Crippen molar-refractivity contribution in [2.75, 3.05) is 7.11 Å². The van der Waals surface area contributed by atoms with Crippen molar-refractivity contribution in [1.29, 1.82) is 0 Å². The molecule has 4 atom stereocenters. The summed E-state index contributed by atoms with van der Waals surface area (Å²) in [4.78, 5) is 22.9. The molecule has 1 aliphatic carbocycles. The van der Waals surface area contributed by atoms with E-state index < -0.39 is 29.6 Å². The molecule has 0 aliphatic heterocycles. The lowest BCUT2D eigenvalue weighted by Gasteiger charge is -2.37. The maximum absolute atomic E-state index is 11.9. The van der Waals surface area contributed by atoms with Crippen molar-refractivity contribution in [3.8, 4) is 0 Å². The van der Waals surface area contributed by atoms with Crippen LogP contribution in [0.15, 0.2) is 23.8 Å². The number of allylic oxidation sites excluding steroid dienone is 1. The fourth-order valence-corrected chi connectivity index (χ4v) is 2.20. The number of hydrogen-bond acceptors (Lipinski definition) is 6. The zero-order valence-electron chi connectivity index (χ0n) is 12.4. The van der Waals surface area contributed by atoms with Gasteiger partial charge in [0.15, 0.2) is 11.4 Å². The van der Waals surface area contributed by atoms with Gasteiger partial charge in [-0.15, -0.1) is 0 Å². The molecule has 0 heterocycles. The van der Waals surface area contributed by atoms with Crippen molar-refractivity contribution < 1.29 is 29.6 Å². The van der Waals surface area contributed by atoms with Gasteiger partial charge in [-0.3, -0.25) is 4.79 Å². The summed E-state index contributed by atoms with van der Waals surface area (Å²) in [5.41, 5.74) is -1.66. The molecule has 4 unspecified atom stereocenters. The minimum absolute atomic E-state index is 0.0134. The number of carbonyl (C=O) groups excluding carboxylic acids is 2. The van der Waals surface area contributed by atoms with Crippen LogP contribution >= 0.6 is 0 Å². The summed E-state index contributed by atoms with van der Waals surface area (Å²) in [5.74, 6) is -1.19. The van der Waals surface area contributed by atoms with Crippen LogP contribution in [0.4, 0.5) is 0 Å². The number of hydrogen-bond donors (Lipinski definition) is 3. The molecule has 118 valence electrons. The van der Waals surface area contributed by atoms with Gasteiger partial charge in [0, 0.05) is 6.08 Å². The molecule has 0 bridgehead atoms. The number of ether oxygens (including phenoxy) is 1. The Labute approximate surface area is 123 Å². The summed E-state index contributed by atoms with van der Waals surface area (Å²) in [5, 5.41) is 30.1. The Hall–Kier alpha value is -1.50. The van der Waals surface area contributed by atoms with Gasteiger partial charge in [-0.2, -0.15) is 0 Å². The summed E-state index contributed by atoms with van der Waals surface area (Å²) < 4.78 is 4.46. The zero-order chi connectivity index (χ0) is 16.2. The molecule has 0 aromatic rings.